The second-order valence-electron chi connectivity index (χ2n) is 6.41. The summed E-state index contributed by atoms with van der Waals surface area (Å²) in [6, 6.07) is 3.58. The highest BCUT2D eigenvalue weighted by Gasteiger charge is 2.15. The van der Waals surface area contributed by atoms with Crippen molar-refractivity contribution in [3.8, 4) is 17.1 Å². The maximum Gasteiger partial charge on any atom is 0.272 e. The molecule has 0 aliphatic carbocycles. The number of anilines is 1. The Bertz CT molecular complexity index is 910. The van der Waals surface area contributed by atoms with Crippen LogP contribution < -0.4 is 15.4 Å². The molecule has 1 saturated heterocycles. The molecular weight excluding hydrogens is 354 g/mol. The maximum atomic E-state index is 12.3. The molecule has 3 aromatic heterocycles. The summed E-state index contributed by atoms with van der Waals surface area (Å²) in [6.07, 6.45) is 6.51. The van der Waals surface area contributed by atoms with Crippen molar-refractivity contribution >= 4 is 11.5 Å². The number of rotatable bonds is 6. The predicted octanol–water partition coefficient (Wildman–Crippen LogP) is 2.60. The Morgan fingerprint density at radius 1 is 1.33 bits per heavy atom. The zero-order chi connectivity index (χ0) is 18.6. The fraction of sp³-hybridized carbons (Fsp3) is 0.389. The average molecular weight is 374 g/mol. The van der Waals surface area contributed by atoms with Crippen molar-refractivity contribution in [2.45, 2.75) is 25.3 Å². The molecule has 9 heteroatoms. The van der Waals surface area contributed by atoms with Gasteiger partial charge < -0.3 is 15.4 Å². The minimum absolute atomic E-state index is 0.333. The number of ether oxygens (including phenoxy) is 1. The normalized spacial score (nSPS) is 17.4. The van der Waals surface area contributed by atoms with E-state index >= 15 is 0 Å². The molecule has 0 amide bonds. The van der Waals surface area contributed by atoms with Gasteiger partial charge in [0.15, 0.2) is 0 Å². The monoisotopic (exact) mass is 374 g/mol. The van der Waals surface area contributed by atoms with E-state index in [0.717, 1.165) is 31.6 Å². The number of pyridine rings is 1. The first-order chi connectivity index (χ1) is 13.2. The summed E-state index contributed by atoms with van der Waals surface area (Å²) in [5, 5.41) is 6.77. The van der Waals surface area contributed by atoms with Crippen molar-refractivity contribution in [2.75, 3.05) is 25.0 Å². The van der Waals surface area contributed by atoms with Crippen LogP contribution in [0.25, 0.3) is 17.0 Å². The fourth-order valence-corrected chi connectivity index (χ4v) is 3.14. The lowest BCUT2D eigenvalue weighted by molar-refractivity contribution is 0.0819. The van der Waals surface area contributed by atoms with Crippen LogP contribution >= 0.6 is 0 Å². The highest BCUT2D eigenvalue weighted by atomic mass is 19.3. The Morgan fingerprint density at radius 3 is 3.07 bits per heavy atom. The molecule has 0 bridgehead atoms. The summed E-state index contributed by atoms with van der Waals surface area (Å²) in [5.41, 5.74) is 2.04. The summed E-state index contributed by atoms with van der Waals surface area (Å²) in [6.45, 7) is 1.32. The summed E-state index contributed by atoms with van der Waals surface area (Å²) < 4.78 is 31.5. The summed E-state index contributed by atoms with van der Waals surface area (Å²) in [7, 11) is 0. The third kappa shape index (κ3) is 4.13. The number of fused-ring (bicyclic) bond motifs is 1. The predicted molar refractivity (Wildman–Crippen MR) is 97.2 cm³/mol. The van der Waals surface area contributed by atoms with E-state index in [1.165, 1.54) is 0 Å². The first-order valence-electron chi connectivity index (χ1n) is 8.87. The Balaban J connectivity index is 1.55. The first-order valence-corrected chi connectivity index (χ1v) is 8.87. The molecule has 0 spiro atoms. The van der Waals surface area contributed by atoms with E-state index in [2.05, 4.69) is 25.6 Å². The van der Waals surface area contributed by atoms with Crippen LogP contribution in [0.4, 0.5) is 14.6 Å². The van der Waals surface area contributed by atoms with Crippen LogP contribution in [0.1, 0.15) is 12.8 Å². The molecule has 27 heavy (non-hydrogen) atoms. The summed E-state index contributed by atoms with van der Waals surface area (Å²) in [5.74, 6) is 1.07. The van der Waals surface area contributed by atoms with Gasteiger partial charge in [0.1, 0.15) is 29.5 Å². The molecule has 0 radical (unpaired) electrons. The average Bonchev–Trinajstić information content (AvgIpc) is 3.11. The Hall–Kier alpha value is -2.81. The van der Waals surface area contributed by atoms with Crippen LogP contribution in [0.2, 0.25) is 0 Å². The third-order valence-corrected chi connectivity index (χ3v) is 4.41. The van der Waals surface area contributed by atoms with Crippen LogP contribution in [-0.4, -0.2) is 51.5 Å². The molecule has 4 rings (SSSR count). The molecule has 1 aliphatic heterocycles. The standard InChI is InChI=1S/C18H20F2N6O/c19-16(20)11-27-13-3-5-26-15(9-23-18(26)6-13)14-8-22-10-17(25-14)24-12-2-1-4-21-7-12/h3,5-6,8-10,12,16,21H,1-2,4,7,11H2,(H,24,25)/t12-/m1/s1. The van der Waals surface area contributed by atoms with Gasteiger partial charge in [-0.2, -0.15) is 0 Å². The third-order valence-electron chi connectivity index (χ3n) is 4.41. The number of nitrogens with zero attached hydrogens (tertiary/aromatic N) is 4. The number of halogens is 2. The van der Waals surface area contributed by atoms with Crippen molar-refractivity contribution in [2.24, 2.45) is 0 Å². The van der Waals surface area contributed by atoms with E-state index in [4.69, 9.17) is 4.74 Å². The molecule has 0 unspecified atom stereocenters. The highest BCUT2D eigenvalue weighted by Crippen LogP contribution is 2.23. The zero-order valence-electron chi connectivity index (χ0n) is 14.6. The summed E-state index contributed by atoms with van der Waals surface area (Å²) in [4.78, 5) is 13.3. The minimum atomic E-state index is -2.51. The summed E-state index contributed by atoms with van der Waals surface area (Å²) >= 11 is 0. The van der Waals surface area contributed by atoms with E-state index in [1.54, 1.807) is 36.9 Å². The second-order valence-corrected chi connectivity index (χ2v) is 6.41. The van der Waals surface area contributed by atoms with Crippen molar-refractivity contribution in [3.63, 3.8) is 0 Å². The SMILES string of the molecule is FC(F)COc1ccn2c(-c3cncc(N[C@@H]4CCCNC4)n3)cnc2c1. The van der Waals surface area contributed by atoms with Gasteiger partial charge in [-0.3, -0.25) is 9.38 Å². The molecule has 4 heterocycles. The molecule has 7 nitrogen and oxygen atoms in total. The van der Waals surface area contributed by atoms with Crippen LogP contribution in [0.3, 0.4) is 0 Å². The highest BCUT2D eigenvalue weighted by molar-refractivity contribution is 5.61. The molecule has 0 saturated carbocycles. The van der Waals surface area contributed by atoms with Crippen LogP contribution in [0.15, 0.2) is 36.9 Å². The van der Waals surface area contributed by atoms with Gasteiger partial charge in [-0.05, 0) is 25.5 Å². The van der Waals surface area contributed by atoms with Crippen LogP contribution in [0, 0.1) is 0 Å². The topological polar surface area (TPSA) is 76.4 Å². The van der Waals surface area contributed by atoms with E-state index in [-0.39, 0.29) is 0 Å². The lowest BCUT2D eigenvalue weighted by atomic mass is 10.1. The van der Waals surface area contributed by atoms with E-state index in [1.807, 2.05) is 4.40 Å². The molecule has 1 atom stereocenters. The molecule has 3 aromatic rings. The number of hydrogen-bond donors (Lipinski definition) is 2. The number of imidazole rings is 1. The first kappa shape index (κ1) is 17.6. The van der Waals surface area contributed by atoms with Crippen molar-refractivity contribution in [1.29, 1.82) is 0 Å². The number of piperidine rings is 1. The Morgan fingerprint density at radius 2 is 2.26 bits per heavy atom. The van der Waals surface area contributed by atoms with E-state index < -0.39 is 13.0 Å². The molecule has 1 fully saturated rings. The van der Waals surface area contributed by atoms with Crippen molar-refractivity contribution < 1.29 is 13.5 Å². The Labute approximate surface area is 154 Å². The number of alkyl halides is 2. The fourth-order valence-electron chi connectivity index (χ4n) is 3.14. The molecule has 2 N–H and O–H groups in total. The van der Waals surface area contributed by atoms with Gasteiger partial charge in [-0.15, -0.1) is 0 Å². The molecule has 1 aliphatic rings. The molecule has 142 valence electrons. The second kappa shape index (κ2) is 7.83. The quantitative estimate of drug-likeness (QED) is 0.691. The van der Waals surface area contributed by atoms with Gasteiger partial charge in [0.05, 0.1) is 24.3 Å². The maximum absolute atomic E-state index is 12.3. The Kier molecular flexibility index (Phi) is 5.10. The largest absolute Gasteiger partial charge is 0.487 e. The van der Waals surface area contributed by atoms with E-state index in [0.29, 0.717) is 29.0 Å². The minimum Gasteiger partial charge on any atom is -0.487 e. The molecular formula is C18H20F2N6O. The van der Waals surface area contributed by atoms with Gasteiger partial charge in [-0.25, -0.2) is 18.7 Å². The number of hydrogen-bond acceptors (Lipinski definition) is 6. The lowest BCUT2D eigenvalue weighted by Gasteiger charge is -2.24. The van der Waals surface area contributed by atoms with Gasteiger partial charge >= 0.3 is 0 Å². The zero-order valence-corrected chi connectivity index (χ0v) is 14.6. The van der Waals surface area contributed by atoms with Crippen molar-refractivity contribution in [3.05, 3.63) is 36.9 Å². The number of nitrogens with one attached hydrogen (secondary N) is 2. The van der Waals surface area contributed by atoms with Gasteiger partial charge in [-0.1, -0.05) is 0 Å². The van der Waals surface area contributed by atoms with Gasteiger partial charge in [0.2, 0.25) is 0 Å². The smallest absolute Gasteiger partial charge is 0.272 e. The molecule has 0 aromatic carbocycles. The van der Waals surface area contributed by atoms with E-state index in [9.17, 15) is 8.78 Å². The van der Waals surface area contributed by atoms with Gasteiger partial charge in [0, 0.05) is 24.8 Å². The van der Waals surface area contributed by atoms with Gasteiger partial charge in [0.25, 0.3) is 6.43 Å². The van der Waals surface area contributed by atoms with Crippen LogP contribution in [0.5, 0.6) is 5.75 Å². The number of aromatic nitrogens is 4. The van der Waals surface area contributed by atoms with Crippen molar-refractivity contribution in [1.82, 2.24) is 24.7 Å². The lowest BCUT2D eigenvalue weighted by Crippen LogP contribution is -2.38. The van der Waals surface area contributed by atoms with Crippen LogP contribution in [-0.2, 0) is 0 Å².